The summed E-state index contributed by atoms with van der Waals surface area (Å²) in [4.78, 5) is 0. The zero-order valence-corrected chi connectivity index (χ0v) is 20.0. The molecule has 3 saturated carbocycles. The number of hydrogen-bond donors (Lipinski definition) is 3. The summed E-state index contributed by atoms with van der Waals surface area (Å²) in [5.74, 6) is 2.96. The molecule has 0 aromatic carbocycles. The molecule has 3 fully saturated rings. The van der Waals surface area contributed by atoms with E-state index in [1.165, 1.54) is 31.3 Å². The van der Waals surface area contributed by atoms with Crippen LogP contribution in [-0.4, -0.2) is 33.6 Å². The van der Waals surface area contributed by atoms with Gasteiger partial charge in [0.15, 0.2) is 0 Å². The molecule has 172 valence electrons. The minimum atomic E-state index is -0.421. The van der Waals surface area contributed by atoms with E-state index in [0.717, 1.165) is 31.6 Å². The fraction of sp³-hybridized carbons (Fsp3) is 0.926. The van der Waals surface area contributed by atoms with Crippen molar-refractivity contribution in [1.29, 1.82) is 0 Å². The maximum absolute atomic E-state index is 11.6. The van der Waals surface area contributed by atoms with Crippen molar-refractivity contribution < 1.29 is 15.3 Å². The molecule has 10 atom stereocenters. The summed E-state index contributed by atoms with van der Waals surface area (Å²) in [5.41, 5.74) is 1.21. The van der Waals surface area contributed by atoms with E-state index in [4.69, 9.17) is 0 Å². The zero-order valence-electron chi connectivity index (χ0n) is 20.0. The Bertz CT molecular complexity index is 656. The van der Waals surface area contributed by atoms with E-state index in [-0.39, 0.29) is 29.0 Å². The molecule has 0 unspecified atom stereocenters. The van der Waals surface area contributed by atoms with Crippen LogP contribution >= 0.6 is 0 Å². The molecule has 0 spiro atoms. The van der Waals surface area contributed by atoms with Gasteiger partial charge >= 0.3 is 0 Å². The zero-order chi connectivity index (χ0) is 21.8. The van der Waals surface area contributed by atoms with Gasteiger partial charge in [-0.2, -0.15) is 0 Å². The molecule has 0 radical (unpaired) electrons. The van der Waals surface area contributed by atoms with Gasteiger partial charge in [-0.25, -0.2) is 0 Å². The summed E-state index contributed by atoms with van der Waals surface area (Å²) in [6, 6.07) is 0. The molecule has 0 heterocycles. The fourth-order valence-corrected chi connectivity index (χ4v) is 8.61. The quantitative estimate of drug-likeness (QED) is 0.529. The van der Waals surface area contributed by atoms with Gasteiger partial charge in [0.2, 0.25) is 0 Å². The van der Waals surface area contributed by atoms with Gasteiger partial charge in [-0.3, -0.25) is 0 Å². The molecule has 0 bridgehead atoms. The smallest absolute Gasteiger partial charge is 0.0757 e. The lowest BCUT2D eigenvalue weighted by molar-refractivity contribution is -0.158. The highest BCUT2D eigenvalue weighted by atomic mass is 16.3. The molecule has 4 aliphatic carbocycles. The normalized spacial score (nSPS) is 49.2. The van der Waals surface area contributed by atoms with E-state index in [9.17, 15) is 15.3 Å². The molecule has 30 heavy (non-hydrogen) atoms. The van der Waals surface area contributed by atoms with Crippen LogP contribution in [0.2, 0.25) is 0 Å². The van der Waals surface area contributed by atoms with Gasteiger partial charge in [0.05, 0.1) is 18.3 Å². The molecule has 0 amide bonds. The first-order valence-electron chi connectivity index (χ1n) is 12.8. The monoisotopic (exact) mass is 418 g/mol. The van der Waals surface area contributed by atoms with Crippen LogP contribution < -0.4 is 0 Å². The van der Waals surface area contributed by atoms with Gasteiger partial charge < -0.3 is 15.3 Å². The van der Waals surface area contributed by atoms with Crippen molar-refractivity contribution in [2.75, 3.05) is 0 Å². The number of hydrogen-bond acceptors (Lipinski definition) is 3. The lowest BCUT2D eigenvalue weighted by Crippen LogP contribution is -2.59. The van der Waals surface area contributed by atoms with Crippen LogP contribution in [0.5, 0.6) is 0 Å². The van der Waals surface area contributed by atoms with Crippen molar-refractivity contribution >= 4 is 0 Å². The summed E-state index contributed by atoms with van der Waals surface area (Å²) in [5, 5.41) is 33.1. The Morgan fingerprint density at radius 1 is 1.00 bits per heavy atom. The minimum Gasteiger partial charge on any atom is -0.393 e. The first kappa shape index (κ1) is 22.8. The molecule has 4 aliphatic rings. The highest BCUT2D eigenvalue weighted by Gasteiger charge is 2.64. The van der Waals surface area contributed by atoms with Crippen LogP contribution in [0.4, 0.5) is 0 Å². The Hall–Kier alpha value is -0.380. The first-order chi connectivity index (χ1) is 14.1. The third kappa shape index (κ3) is 3.52. The lowest BCUT2D eigenvalue weighted by atomic mass is 9.45. The summed E-state index contributed by atoms with van der Waals surface area (Å²) in [6.45, 7) is 11.7. The van der Waals surface area contributed by atoms with Crippen molar-refractivity contribution in [3.8, 4) is 0 Å². The Labute approximate surface area is 184 Å². The molecule has 0 aromatic rings. The Morgan fingerprint density at radius 3 is 2.43 bits per heavy atom. The summed E-state index contributed by atoms with van der Waals surface area (Å²) < 4.78 is 0. The Balaban J connectivity index is 1.59. The fourth-order valence-electron chi connectivity index (χ4n) is 8.61. The van der Waals surface area contributed by atoms with Crippen molar-refractivity contribution in [3.05, 3.63) is 11.6 Å². The molecular weight excluding hydrogens is 372 g/mol. The summed E-state index contributed by atoms with van der Waals surface area (Å²) >= 11 is 0. The van der Waals surface area contributed by atoms with E-state index < -0.39 is 6.10 Å². The molecule has 0 aliphatic heterocycles. The highest BCUT2D eigenvalue weighted by molar-refractivity contribution is 5.28. The number of aliphatic hydroxyl groups excluding tert-OH is 3. The van der Waals surface area contributed by atoms with E-state index in [1.54, 1.807) is 0 Å². The highest BCUT2D eigenvalue weighted by Crippen LogP contribution is 2.67. The van der Waals surface area contributed by atoms with Gasteiger partial charge in [0.1, 0.15) is 0 Å². The van der Waals surface area contributed by atoms with E-state index in [0.29, 0.717) is 30.1 Å². The van der Waals surface area contributed by atoms with Gasteiger partial charge in [0, 0.05) is 0 Å². The molecule has 0 saturated heterocycles. The minimum absolute atomic E-state index is 0.0341. The van der Waals surface area contributed by atoms with Gasteiger partial charge in [-0.15, -0.1) is 0 Å². The third-order valence-corrected chi connectivity index (χ3v) is 10.4. The van der Waals surface area contributed by atoms with Crippen molar-refractivity contribution in [2.45, 2.75) is 111 Å². The number of fused-ring (bicyclic) bond motifs is 5. The number of rotatable bonds is 5. The van der Waals surface area contributed by atoms with Gasteiger partial charge in [-0.05, 0) is 84.9 Å². The van der Waals surface area contributed by atoms with E-state index in [1.807, 2.05) is 0 Å². The molecule has 4 rings (SSSR count). The third-order valence-electron chi connectivity index (χ3n) is 10.4. The maximum atomic E-state index is 11.6. The van der Waals surface area contributed by atoms with Crippen molar-refractivity contribution in [3.63, 3.8) is 0 Å². The van der Waals surface area contributed by atoms with Crippen molar-refractivity contribution in [2.24, 2.45) is 46.3 Å². The average molecular weight is 419 g/mol. The second kappa shape index (κ2) is 8.19. The predicted octanol–water partition coefficient (Wildman–Crippen LogP) is 5.33. The Kier molecular flexibility index (Phi) is 6.23. The standard InChI is InChI=1S/C27H46O3/c1-16(2)7-6-8-17(3)20-9-10-21-25-22(15-24(30)27(20,21)5)26(4)12-11-19(28)13-18(26)14-23(25)29/h14,16-17,19-25,28-30H,6-13,15H2,1-5H3/t17-,19+,20-,21+,22+,23-,24+,25+,26+,27-/m1/s1. The second-order valence-corrected chi connectivity index (χ2v) is 12.4. The molecular formula is C27H46O3. The van der Waals surface area contributed by atoms with Crippen LogP contribution in [0.3, 0.4) is 0 Å². The van der Waals surface area contributed by atoms with E-state index in [2.05, 4.69) is 40.7 Å². The SMILES string of the molecule is CC(C)CCC[C@@H](C)[C@H]1CC[C@H]2[C@@H]3[C@H](O)C=C4C[C@@H](O)CC[C@]4(C)[C@H]3C[C@H](O)[C@]12C. The average Bonchev–Trinajstić information content (AvgIpc) is 3.02. The van der Waals surface area contributed by atoms with Crippen molar-refractivity contribution in [1.82, 2.24) is 0 Å². The lowest BCUT2D eigenvalue weighted by Gasteiger charge is -2.61. The Morgan fingerprint density at radius 2 is 1.73 bits per heavy atom. The maximum Gasteiger partial charge on any atom is 0.0757 e. The summed E-state index contributed by atoms with van der Waals surface area (Å²) in [6.07, 6.45) is 10.7. The predicted molar refractivity (Wildman–Crippen MR) is 122 cm³/mol. The molecule has 0 aromatic heterocycles. The largest absolute Gasteiger partial charge is 0.393 e. The van der Waals surface area contributed by atoms with Crippen LogP contribution in [0.25, 0.3) is 0 Å². The molecule has 3 nitrogen and oxygen atoms in total. The van der Waals surface area contributed by atoms with Crippen LogP contribution in [-0.2, 0) is 0 Å². The van der Waals surface area contributed by atoms with Gasteiger partial charge in [-0.1, -0.05) is 65.5 Å². The van der Waals surface area contributed by atoms with Crippen LogP contribution in [0.1, 0.15) is 92.4 Å². The molecule has 3 N–H and O–H groups in total. The molecule has 3 heteroatoms. The van der Waals surface area contributed by atoms with Crippen LogP contribution in [0.15, 0.2) is 11.6 Å². The van der Waals surface area contributed by atoms with Gasteiger partial charge in [0.25, 0.3) is 0 Å². The van der Waals surface area contributed by atoms with E-state index >= 15 is 0 Å². The van der Waals surface area contributed by atoms with Crippen LogP contribution in [0, 0.1) is 46.3 Å². The second-order valence-electron chi connectivity index (χ2n) is 12.4. The number of aliphatic hydroxyl groups is 3. The first-order valence-corrected chi connectivity index (χ1v) is 12.8. The topological polar surface area (TPSA) is 60.7 Å². The summed E-state index contributed by atoms with van der Waals surface area (Å²) in [7, 11) is 0.